The average molecular weight is 145 g/mol. The summed E-state index contributed by atoms with van der Waals surface area (Å²) >= 11 is 0. The van der Waals surface area contributed by atoms with Gasteiger partial charge in [0.25, 0.3) is 0 Å². The van der Waals surface area contributed by atoms with Crippen molar-refractivity contribution in [3.63, 3.8) is 0 Å². The molecule has 2 N–H and O–H groups in total. The Morgan fingerprint density at radius 2 is 2.33 bits per heavy atom. The summed E-state index contributed by atoms with van der Waals surface area (Å²) in [5.41, 5.74) is 5.36. The lowest BCUT2D eigenvalue weighted by molar-refractivity contribution is 0.683. The minimum Gasteiger partial charge on any atom is -0.327 e. The molecule has 0 radical (unpaired) electrons. The van der Waals surface area contributed by atoms with Crippen molar-refractivity contribution in [1.29, 1.82) is 0 Å². The molecule has 52 valence electrons. The van der Waals surface area contributed by atoms with Crippen LogP contribution in [0.2, 0.25) is 0 Å². The molecular weight excluding hydrogens is 134 g/mol. The van der Waals surface area contributed by atoms with Crippen LogP contribution in [0.15, 0.2) is 0 Å². The zero-order chi connectivity index (χ0) is 7.28. The van der Waals surface area contributed by atoms with Gasteiger partial charge in [0.2, 0.25) is 0 Å². The first-order valence-electron chi connectivity index (χ1n) is 2.73. The van der Waals surface area contributed by atoms with Crippen LogP contribution in [0.5, 0.6) is 0 Å². The smallest absolute Gasteiger partial charge is 0.0990 e. The summed E-state index contributed by atoms with van der Waals surface area (Å²) in [6.45, 7) is 3.48. The largest absolute Gasteiger partial charge is 0.327 e. The van der Waals surface area contributed by atoms with Gasteiger partial charge in [-0.05, 0) is 19.1 Å². The SMILES string of the molecule is CC#CS(=O)CC(C)N. The molecule has 0 bridgehead atoms. The van der Waals surface area contributed by atoms with Crippen molar-refractivity contribution in [3.8, 4) is 11.2 Å². The van der Waals surface area contributed by atoms with Gasteiger partial charge in [0.1, 0.15) is 0 Å². The van der Waals surface area contributed by atoms with Crippen molar-refractivity contribution in [2.75, 3.05) is 5.75 Å². The molecule has 0 aromatic heterocycles. The van der Waals surface area contributed by atoms with Gasteiger partial charge in [-0.3, -0.25) is 0 Å². The molecule has 0 saturated carbocycles. The summed E-state index contributed by atoms with van der Waals surface area (Å²) in [6, 6.07) is -0.0216. The lowest BCUT2D eigenvalue weighted by atomic mass is 10.4. The van der Waals surface area contributed by atoms with Crippen LogP contribution in [0.25, 0.3) is 0 Å². The first kappa shape index (κ1) is 8.67. The van der Waals surface area contributed by atoms with Gasteiger partial charge < -0.3 is 5.73 Å². The van der Waals surface area contributed by atoms with Gasteiger partial charge in [-0.2, -0.15) is 0 Å². The normalized spacial score (nSPS) is 15.4. The molecule has 2 unspecified atom stereocenters. The maximum atomic E-state index is 10.7. The van der Waals surface area contributed by atoms with E-state index in [4.69, 9.17) is 5.73 Å². The molecule has 0 heterocycles. The molecule has 0 aromatic carbocycles. The monoisotopic (exact) mass is 145 g/mol. The zero-order valence-corrected chi connectivity index (χ0v) is 6.49. The Kier molecular flexibility index (Phi) is 4.37. The van der Waals surface area contributed by atoms with E-state index in [0.717, 1.165) is 0 Å². The minimum absolute atomic E-state index is 0.0216. The van der Waals surface area contributed by atoms with Crippen LogP contribution >= 0.6 is 0 Å². The maximum Gasteiger partial charge on any atom is 0.0990 e. The molecular formula is C6H11NOS. The van der Waals surface area contributed by atoms with E-state index in [1.54, 1.807) is 6.92 Å². The van der Waals surface area contributed by atoms with Crippen molar-refractivity contribution in [2.24, 2.45) is 5.73 Å². The highest BCUT2D eigenvalue weighted by molar-refractivity contribution is 7.89. The number of rotatable bonds is 2. The van der Waals surface area contributed by atoms with Crippen molar-refractivity contribution in [2.45, 2.75) is 19.9 Å². The van der Waals surface area contributed by atoms with E-state index in [2.05, 4.69) is 11.2 Å². The molecule has 0 spiro atoms. The Hall–Kier alpha value is -0.330. The summed E-state index contributed by atoms with van der Waals surface area (Å²) in [5.74, 6) is 3.04. The third-order valence-corrected chi connectivity index (χ3v) is 1.89. The van der Waals surface area contributed by atoms with E-state index >= 15 is 0 Å². The highest BCUT2D eigenvalue weighted by Crippen LogP contribution is 1.82. The van der Waals surface area contributed by atoms with Crippen LogP contribution < -0.4 is 5.73 Å². The van der Waals surface area contributed by atoms with Gasteiger partial charge in [-0.25, -0.2) is 4.21 Å². The highest BCUT2D eigenvalue weighted by atomic mass is 32.2. The lowest BCUT2D eigenvalue weighted by Gasteiger charge is -1.97. The summed E-state index contributed by atoms with van der Waals surface area (Å²) < 4.78 is 10.7. The van der Waals surface area contributed by atoms with Crippen molar-refractivity contribution in [3.05, 3.63) is 0 Å². The maximum absolute atomic E-state index is 10.7. The molecule has 2 nitrogen and oxygen atoms in total. The van der Waals surface area contributed by atoms with Gasteiger partial charge >= 0.3 is 0 Å². The topological polar surface area (TPSA) is 43.1 Å². The second kappa shape index (κ2) is 4.54. The molecule has 0 rings (SSSR count). The van der Waals surface area contributed by atoms with Crippen LogP contribution in [-0.4, -0.2) is 16.0 Å². The Bertz CT molecular complexity index is 154. The lowest BCUT2D eigenvalue weighted by Crippen LogP contribution is -2.22. The van der Waals surface area contributed by atoms with E-state index < -0.39 is 10.8 Å². The van der Waals surface area contributed by atoms with Crippen LogP contribution in [-0.2, 0) is 10.8 Å². The quantitative estimate of drug-likeness (QED) is 0.558. The molecule has 0 aliphatic heterocycles. The molecule has 0 aromatic rings. The fourth-order valence-electron chi connectivity index (χ4n) is 0.394. The molecule has 2 atom stereocenters. The summed E-state index contributed by atoms with van der Waals surface area (Å²) in [6.07, 6.45) is 0. The Morgan fingerprint density at radius 1 is 1.78 bits per heavy atom. The van der Waals surface area contributed by atoms with E-state index in [1.807, 2.05) is 6.92 Å². The summed E-state index contributed by atoms with van der Waals surface area (Å²) in [5, 5.41) is 2.52. The highest BCUT2D eigenvalue weighted by Gasteiger charge is 1.97. The van der Waals surface area contributed by atoms with Crippen molar-refractivity contribution >= 4 is 10.8 Å². The fraction of sp³-hybridized carbons (Fsp3) is 0.667. The number of hydrogen-bond donors (Lipinski definition) is 1. The summed E-state index contributed by atoms with van der Waals surface area (Å²) in [4.78, 5) is 0. The number of hydrogen-bond acceptors (Lipinski definition) is 2. The van der Waals surface area contributed by atoms with Gasteiger partial charge in [-0.1, -0.05) is 5.92 Å². The second-order valence-electron chi connectivity index (χ2n) is 1.84. The molecule has 0 saturated heterocycles. The molecule has 9 heavy (non-hydrogen) atoms. The van der Waals surface area contributed by atoms with Crippen LogP contribution in [0.4, 0.5) is 0 Å². The number of nitrogens with two attached hydrogens (primary N) is 1. The van der Waals surface area contributed by atoms with Gasteiger partial charge in [0, 0.05) is 6.04 Å². The van der Waals surface area contributed by atoms with Gasteiger partial charge in [0.15, 0.2) is 0 Å². The van der Waals surface area contributed by atoms with Gasteiger partial charge in [0.05, 0.1) is 16.6 Å². The molecule has 3 heteroatoms. The standard InChI is InChI=1S/C6H11NOS/c1-3-4-9(8)5-6(2)7/h6H,5,7H2,1-2H3. The van der Waals surface area contributed by atoms with Crippen LogP contribution in [0, 0.1) is 11.2 Å². The minimum atomic E-state index is -1.04. The zero-order valence-electron chi connectivity index (χ0n) is 5.68. The van der Waals surface area contributed by atoms with E-state index in [9.17, 15) is 4.21 Å². The average Bonchev–Trinajstić information content (AvgIpc) is 1.63. The first-order valence-corrected chi connectivity index (χ1v) is 4.05. The van der Waals surface area contributed by atoms with Crippen LogP contribution in [0.1, 0.15) is 13.8 Å². The third-order valence-electron chi connectivity index (χ3n) is 0.630. The summed E-state index contributed by atoms with van der Waals surface area (Å²) in [7, 11) is -1.04. The van der Waals surface area contributed by atoms with E-state index in [1.165, 1.54) is 0 Å². The fourth-order valence-corrected chi connectivity index (χ4v) is 1.18. The molecule has 0 amide bonds. The Labute approximate surface area is 58.3 Å². The van der Waals surface area contributed by atoms with E-state index in [0.29, 0.717) is 5.75 Å². The van der Waals surface area contributed by atoms with E-state index in [-0.39, 0.29) is 6.04 Å². The van der Waals surface area contributed by atoms with Gasteiger partial charge in [-0.15, -0.1) is 0 Å². The third kappa shape index (κ3) is 5.54. The molecule has 0 aliphatic rings. The Balaban J connectivity index is 3.60. The Morgan fingerprint density at radius 3 is 2.67 bits per heavy atom. The molecule has 0 aliphatic carbocycles. The van der Waals surface area contributed by atoms with Crippen molar-refractivity contribution < 1.29 is 4.21 Å². The first-order chi connectivity index (χ1) is 4.16. The predicted molar refractivity (Wildman–Crippen MR) is 40.1 cm³/mol. The van der Waals surface area contributed by atoms with Crippen molar-refractivity contribution in [1.82, 2.24) is 0 Å². The molecule has 0 fully saturated rings. The second-order valence-corrected chi connectivity index (χ2v) is 3.07. The predicted octanol–water partition coefficient (Wildman–Crippen LogP) is 0.0631. The van der Waals surface area contributed by atoms with Crippen LogP contribution in [0.3, 0.4) is 0 Å².